The Labute approximate surface area is 239 Å². The Hall–Kier alpha value is -3.10. The predicted molar refractivity (Wildman–Crippen MR) is 156 cm³/mol. The third-order valence-electron chi connectivity index (χ3n) is 7.11. The molecule has 220 valence electrons. The molecule has 0 amide bonds. The summed E-state index contributed by atoms with van der Waals surface area (Å²) in [5, 5.41) is 0. The van der Waals surface area contributed by atoms with Crippen molar-refractivity contribution in [3.8, 4) is 11.5 Å². The van der Waals surface area contributed by atoms with Gasteiger partial charge in [0.2, 0.25) is 0 Å². The number of piperazine rings is 1. The summed E-state index contributed by atoms with van der Waals surface area (Å²) in [7, 11) is 0. The average molecular weight is 555 g/mol. The molecule has 0 atom stereocenters. The highest BCUT2D eigenvalue weighted by atomic mass is 16.6. The standard InChI is InChI=1S/C32H46N2O6/c1-23-17-25(3)31(26(4)18-23)39-21-29(35)37-15-7-9-33-11-13-34(14-12-33)10-8-16-38-30(36)22-40-32-27(5)19-24(2)20-28(32)6/h17-20H,7-16,21-22H2,1-6H3. The van der Waals surface area contributed by atoms with E-state index in [-0.39, 0.29) is 25.2 Å². The Bertz CT molecular complexity index is 1000. The lowest BCUT2D eigenvalue weighted by atomic mass is 10.1. The summed E-state index contributed by atoms with van der Waals surface area (Å²) in [6.45, 7) is 18.4. The molecule has 0 radical (unpaired) electrons. The summed E-state index contributed by atoms with van der Waals surface area (Å²) in [6.07, 6.45) is 1.60. The van der Waals surface area contributed by atoms with Crippen molar-refractivity contribution in [2.45, 2.75) is 54.4 Å². The highest BCUT2D eigenvalue weighted by Crippen LogP contribution is 2.25. The van der Waals surface area contributed by atoms with Gasteiger partial charge in [0.1, 0.15) is 11.5 Å². The van der Waals surface area contributed by atoms with E-state index in [4.69, 9.17) is 18.9 Å². The quantitative estimate of drug-likeness (QED) is 0.250. The Morgan fingerprint density at radius 1 is 0.600 bits per heavy atom. The minimum Gasteiger partial charge on any atom is -0.481 e. The van der Waals surface area contributed by atoms with Crippen LogP contribution >= 0.6 is 0 Å². The van der Waals surface area contributed by atoms with Gasteiger partial charge in [0, 0.05) is 39.3 Å². The highest BCUT2D eigenvalue weighted by Gasteiger charge is 2.17. The van der Waals surface area contributed by atoms with Crippen LogP contribution in [0.15, 0.2) is 24.3 Å². The Morgan fingerprint density at radius 3 is 1.25 bits per heavy atom. The lowest BCUT2D eigenvalue weighted by molar-refractivity contribution is -0.147. The molecule has 0 bridgehead atoms. The number of esters is 2. The van der Waals surface area contributed by atoms with E-state index in [2.05, 4.69) is 9.80 Å². The van der Waals surface area contributed by atoms with Gasteiger partial charge in [0.05, 0.1) is 13.2 Å². The molecule has 0 unspecified atom stereocenters. The van der Waals surface area contributed by atoms with Crippen LogP contribution in [0.5, 0.6) is 11.5 Å². The zero-order chi connectivity index (χ0) is 29.1. The van der Waals surface area contributed by atoms with Crippen LogP contribution in [0, 0.1) is 41.5 Å². The molecule has 1 aliphatic heterocycles. The highest BCUT2D eigenvalue weighted by molar-refractivity contribution is 5.71. The average Bonchev–Trinajstić information content (AvgIpc) is 2.88. The lowest BCUT2D eigenvalue weighted by Crippen LogP contribution is -2.47. The van der Waals surface area contributed by atoms with Crippen LogP contribution in [0.4, 0.5) is 0 Å². The van der Waals surface area contributed by atoms with E-state index in [1.807, 2.05) is 65.8 Å². The number of hydrogen-bond acceptors (Lipinski definition) is 8. The molecule has 1 aliphatic rings. The minimum absolute atomic E-state index is 0.0716. The van der Waals surface area contributed by atoms with Gasteiger partial charge in [-0.3, -0.25) is 0 Å². The van der Waals surface area contributed by atoms with Crippen LogP contribution in [-0.2, 0) is 19.1 Å². The number of carbonyl (C=O) groups excluding carboxylic acids is 2. The zero-order valence-electron chi connectivity index (χ0n) is 25.1. The van der Waals surface area contributed by atoms with Crippen molar-refractivity contribution in [3.05, 3.63) is 57.6 Å². The summed E-state index contributed by atoms with van der Waals surface area (Å²) < 4.78 is 22.2. The van der Waals surface area contributed by atoms with Crippen LogP contribution in [0.2, 0.25) is 0 Å². The van der Waals surface area contributed by atoms with Gasteiger partial charge in [0.15, 0.2) is 13.2 Å². The number of carbonyl (C=O) groups is 2. The van der Waals surface area contributed by atoms with Gasteiger partial charge >= 0.3 is 11.9 Å². The molecule has 0 saturated carbocycles. The number of aryl methyl sites for hydroxylation is 6. The Kier molecular flexibility index (Phi) is 12.3. The first kappa shape index (κ1) is 31.4. The third-order valence-corrected chi connectivity index (χ3v) is 7.11. The van der Waals surface area contributed by atoms with Crippen LogP contribution in [0.3, 0.4) is 0 Å². The maximum Gasteiger partial charge on any atom is 0.344 e. The molecule has 8 nitrogen and oxygen atoms in total. The van der Waals surface area contributed by atoms with E-state index >= 15 is 0 Å². The summed E-state index contributed by atoms with van der Waals surface area (Å²) >= 11 is 0. The Morgan fingerprint density at radius 2 is 0.925 bits per heavy atom. The maximum atomic E-state index is 12.1. The molecule has 2 aromatic rings. The van der Waals surface area contributed by atoms with Crippen molar-refractivity contribution in [2.24, 2.45) is 0 Å². The second kappa shape index (κ2) is 15.6. The molecule has 0 aromatic heterocycles. The topological polar surface area (TPSA) is 77.5 Å². The number of nitrogens with zero attached hydrogens (tertiary/aromatic N) is 2. The second-order valence-electron chi connectivity index (χ2n) is 10.9. The largest absolute Gasteiger partial charge is 0.481 e. The fraction of sp³-hybridized carbons (Fsp3) is 0.562. The number of rotatable bonds is 14. The molecule has 40 heavy (non-hydrogen) atoms. The summed E-state index contributed by atoms with van der Waals surface area (Å²) in [5.41, 5.74) is 6.46. The molecule has 0 aliphatic carbocycles. The first-order valence-corrected chi connectivity index (χ1v) is 14.3. The van der Waals surface area contributed by atoms with Crippen LogP contribution < -0.4 is 9.47 Å². The second-order valence-corrected chi connectivity index (χ2v) is 10.9. The van der Waals surface area contributed by atoms with Crippen LogP contribution in [0.1, 0.15) is 46.2 Å². The van der Waals surface area contributed by atoms with Gasteiger partial charge in [-0.2, -0.15) is 0 Å². The Balaban J connectivity index is 1.20. The van der Waals surface area contributed by atoms with Crippen LogP contribution in [0.25, 0.3) is 0 Å². The van der Waals surface area contributed by atoms with Gasteiger partial charge in [0.25, 0.3) is 0 Å². The van der Waals surface area contributed by atoms with Crippen molar-refractivity contribution in [2.75, 3.05) is 65.7 Å². The fourth-order valence-corrected chi connectivity index (χ4v) is 5.32. The maximum absolute atomic E-state index is 12.1. The molecule has 8 heteroatoms. The molecular formula is C32H46N2O6. The first-order valence-electron chi connectivity index (χ1n) is 14.3. The molecule has 1 fully saturated rings. The normalized spacial score (nSPS) is 14.2. The van der Waals surface area contributed by atoms with Gasteiger partial charge < -0.3 is 28.7 Å². The van der Waals surface area contributed by atoms with Crippen molar-refractivity contribution in [3.63, 3.8) is 0 Å². The van der Waals surface area contributed by atoms with Gasteiger partial charge in [-0.25, -0.2) is 9.59 Å². The summed E-state index contributed by atoms with van der Waals surface area (Å²) in [4.78, 5) is 29.0. The van der Waals surface area contributed by atoms with E-state index in [1.54, 1.807) is 0 Å². The monoisotopic (exact) mass is 554 g/mol. The van der Waals surface area contributed by atoms with Crippen molar-refractivity contribution < 1.29 is 28.5 Å². The van der Waals surface area contributed by atoms with E-state index in [0.29, 0.717) is 13.2 Å². The molecule has 2 aromatic carbocycles. The number of benzene rings is 2. The third kappa shape index (κ3) is 10.1. The smallest absolute Gasteiger partial charge is 0.344 e. The molecule has 1 heterocycles. The van der Waals surface area contributed by atoms with E-state index in [0.717, 1.165) is 85.9 Å². The molecule has 3 rings (SSSR count). The summed E-state index contributed by atoms with van der Waals surface area (Å²) in [5.74, 6) is 0.848. The minimum atomic E-state index is -0.336. The van der Waals surface area contributed by atoms with Gasteiger partial charge in [-0.1, -0.05) is 35.4 Å². The predicted octanol–water partition coefficient (Wildman–Crippen LogP) is 4.48. The molecule has 0 N–H and O–H groups in total. The van der Waals surface area contributed by atoms with E-state index in [9.17, 15) is 9.59 Å². The first-order chi connectivity index (χ1) is 19.1. The van der Waals surface area contributed by atoms with Crippen molar-refractivity contribution in [1.29, 1.82) is 0 Å². The van der Waals surface area contributed by atoms with Gasteiger partial charge in [-0.05, 0) is 76.6 Å². The lowest BCUT2D eigenvalue weighted by Gasteiger charge is -2.34. The van der Waals surface area contributed by atoms with Gasteiger partial charge in [-0.15, -0.1) is 0 Å². The zero-order valence-corrected chi connectivity index (χ0v) is 25.1. The van der Waals surface area contributed by atoms with Crippen molar-refractivity contribution >= 4 is 11.9 Å². The fourth-order valence-electron chi connectivity index (χ4n) is 5.32. The molecular weight excluding hydrogens is 508 g/mol. The number of hydrogen-bond donors (Lipinski definition) is 0. The number of ether oxygens (including phenoxy) is 4. The van der Waals surface area contributed by atoms with Crippen LogP contribution in [-0.4, -0.2) is 87.4 Å². The van der Waals surface area contributed by atoms with Crippen molar-refractivity contribution in [1.82, 2.24) is 9.80 Å². The summed E-state index contributed by atoms with van der Waals surface area (Å²) in [6, 6.07) is 8.20. The molecule has 0 spiro atoms. The molecule has 1 saturated heterocycles. The SMILES string of the molecule is Cc1cc(C)c(OCC(=O)OCCCN2CCN(CCCOC(=O)COc3c(C)cc(C)cc3C)CC2)c(C)c1. The van der Waals surface area contributed by atoms with E-state index in [1.165, 1.54) is 11.1 Å². The van der Waals surface area contributed by atoms with E-state index < -0.39 is 0 Å².